The predicted octanol–water partition coefficient (Wildman–Crippen LogP) is 5.84. The first-order valence-electron chi connectivity index (χ1n) is 17.0. The molecule has 0 saturated carbocycles. The van der Waals surface area contributed by atoms with E-state index >= 15 is 0 Å². The van der Waals surface area contributed by atoms with Crippen LogP contribution in [-0.2, 0) is 19.1 Å². The molecule has 0 aromatic heterocycles. The maximum absolute atomic E-state index is 12.5. The number of piperazine rings is 2. The zero-order valence-corrected chi connectivity index (χ0v) is 33.7. The van der Waals surface area contributed by atoms with Crippen molar-refractivity contribution in [1.82, 2.24) is 9.80 Å². The molecule has 2 atom stereocenters. The Balaban J connectivity index is 0.00000351. The number of benzene rings is 3. The summed E-state index contributed by atoms with van der Waals surface area (Å²) >= 11 is 0. The Morgan fingerprint density at radius 3 is 1.38 bits per heavy atom. The lowest BCUT2D eigenvalue weighted by atomic mass is 10.1. The van der Waals surface area contributed by atoms with Crippen LogP contribution in [0.5, 0.6) is 11.5 Å². The minimum Gasteiger partial charge on any atom is -0.490 e. The van der Waals surface area contributed by atoms with Gasteiger partial charge in [-0.05, 0) is 43.3 Å². The van der Waals surface area contributed by atoms with E-state index < -0.39 is 18.2 Å². The Hall–Kier alpha value is -3.45. The van der Waals surface area contributed by atoms with Crippen molar-refractivity contribution in [1.29, 1.82) is 0 Å². The van der Waals surface area contributed by atoms with Crippen LogP contribution in [-0.4, -0.2) is 118 Å². The molecule has 0 bridgehead atoms. The van der Waals surface area contributed by atoms with E-state index in [0.717, 1.165) is 52.4 Å². The second-order valence-electron chi connectivity index (χ2n) is 12.5. The monoisotopic (exact) mass is 816 g/mol. The molecule has 2 aliphatic heterocycles. The second-order valence-corrected chi connectivity index (χ2v) is 12.5. The Kier molecular flexibility index (Phi) is 21.6. The molecule has 0 spiro atoms. The number of Topliss-reactive ketones (excluding diaryl/α,β-unsaturated/α-hetero) is 1. The summed E-state index contributed by atoms with van der Waals surface area (Å²) < 4.78 is 23.6. The lowest BCUT2D eigenvalue weighted by Gasteiger charge is -2.37. The summed E-state index contributed by atoms with van der Waals surface area (Å²) in [6.45, 7) is 12.3. The van der Waals surface area contributed by atoms with E-state index in [1.807, 2.05) is 36.4 Å². The number of halogens is 4. The standard InChI is InChI=1S/C38H48N4O7.4ClH/c1-29(43)37-15-14-34(46-27-35(48-30(2)44)25-39-16-20-41(21-17-39)32-10-6-4-7-11-32)24-38(37)47-28-36(49-31(3)45)26-40-18-22-42(23-19-40)33-12-8-5-9-13-33;;;;/h4-15,24,35-36H,16-23,25-28H2,1-3H3;4*1H. The molecular formula is C38H52Cl4N4O7. The Morgan fingerprint density at radius 1 is 0.566 bits per heavy atom. The van der Waals surface area contributed by atoms with Gasteiger partial charge >= 0.3 is 11.9 Å². The van der Waals surface area contributed by atoms with Crippen LogP contribution in [0.3, 0.4) is 0 Å². The van der Waals surface area contributed by atoms with E-state index in [1.165, 1.54) is 32.1 Å². The molecule has 3 aromatic carbocycles. The van der Waals surface area contributed by atoms with Crippen molar-refractivity contribution in [2.45, 2.75) is 33.0 Å². The van der Waals surface area contributed by atoms with E-state index in [1.54, 1.807) is 18.2 Å². The van der Waals surface area contributed by atoms with Gasteiger partial charge in [-0.25, -0.2) is 0 Å². The number of carbonyl (C=O) groups is 3. The molecular weight excluding hydrogens is 766 g/mol. The Labute approximate surface area is 337 Å². The van der Waals surface area contributed by atoms with Crippen LogP contribution in [0.15, 0.2) is 78.9 Å². The van der Waals surface area contributed by atoms with Gasteiger partial charge < -0.3 is 28.7 Å². The number of ketones is 1. The molecule has 2 fully saturated rings. The third-order valence-electron chi connectivity index (χ3n) is 8.77. The first-order valence-corrected chi connectivity index (χ1v) is 17.0. The number of rotatable bonds is 15. The highest BCUT2D eigenvalue weighted by Gasteiger charge is 2.25. The van der Waals surface area contributed by atoms with Gasteiger partial charge in [0.25, 0.3) is 0 Å². The van der Waals surface area contributed by atoms with Crippen molar-refractivity contribution >= 4 is 78.7 Å². The number of para-hydroxylation sites is 2. The van der Waals surface area contributed by atoms with E-state index in [9.17, 15) is 14.4 Å². The van der Waals surface area contributed by atoms with Gasteiger partial charge in [-0.15, -0.1) is 49.6 Å². The molecule has 15 heteroatoms. The normalized spacial score (nSPS) is 15.5. The highest BCUT2D eigenvalue weighted by molar-refractivity contribution is 5.97. The maximum Gasteiger partial charge on any atom is 0.303 e. The SMILES string of the molecule is CC(=O)OC(COc1ccc(C(C)=O)c(OCC(CN2CCN(c3ccccc3)CC2)OC(C)=O)c1)CN1CCN(c2ccccc2)CC1.Cl.Cl.Cl.Cl. The molecule has 294 valence electrons. The summed E-state index contributed by atoms with van der Waals surface area (Å²) in [4.78, 5) is 45.7. The third kappa shape index (κ3) is 15.1. The summed E-state index contributed by atoms with van der Waals surface area (Å²) in [5.41, 5.74) is 2.80. The van der Waals surface area contributed by atoms with Gasteiger partial charge in [0.2, 0.25) is 0 Å². The lowest BCUT2D eigenvalue weighted by Crippen LogP contribution is -2.50. The number of anilines is 2. The van der Waals surface area contributed by atoms with Crippen molar-refractivity contribution in [2.24, 2.45) is 0 Å². The molecule has 53 heavy (non-hydrogen) atoms. The van der Waals surface area contributed by atoms with Gasteiger partial charge in [0.15, 0.2) is 5.78 Å². The molecule has 0 radical (unpaired) electrons. The topological polar surface area (TPSA) is 101 Å². The van der Waals surface area contributed by atoms with Crippen LogP contribution in [0.25, 0.3) is 0 Å². The summed E-state index contributed by atoms with van der Waals surface area (Å²) in [6, 6.07) is 25.7. The fraction of sp³-hybridized carbons (Fsp3) is 0.447. The zero-order valence-electron chi connectivity index (χ0n) is 30.4. The number of ether oxygens (including phenoxy) is 4. The first kappa shape index (κ1) is 47.6. The minimum atomic E-state index is -0.527. The molecule has 2 heterocycles. The van der Waals surface area contributed by atoms with Gasteiger partial charge in [0.05, 0.1) is 5.56 Å². The van der Waals surface area contributed by atoms with Crippen LogP contribution >= 0.6 is 49.6 Å². The quantitative estimate of drug-likeness (QED) is 0.137. The van der Waals surface area contributed by atoms with E-state index in [4.69, 9.17) is 18.9 Å². The number of esters is 2. The Morgan fingerprint density at radius 2 is 0.981 bits per heavy atom. The molecule has 0 N–H and O–H groups in total. The highest BCUT2D eigenvalue weighted by Crippen LogP contribution is 2.27. The fourth-order valence-corrected chi connectivity index (χ4v) is 6.32. The molecule has 0 amide bonds. The summed E-state index contributed by atoms with van der Waals surface area (Å²) in [7, 11) is 0. The van der Waals surface area contributed by atoms with E-state index in [2.05, 4.69) is 43.9 Å². The van der Waals surface area contributed by atoms with Crippen LogP contribution in [0.1, 0.15) is 31.1 Å². The number of hydrogen-bond acceptors (Lipinski definition) is 11. The number of nitrogens with zero attached hydrogens (tertiary/aromatic N) is 4. The highest BCUT2D eigenvalue weighted by atomic mass is 35.5. The van der Waals surface area contributed by atoms with Crippen molar-refractivity contribution < 1.29 is 33.3 Å². The summed E-state index contributed by atoms with van der Waals surface area (Å²) in [5, 5.41) is 0. The minimum absolute atomic E-state index is 0. The van der Waals surface area contributed by atoms with Crippen molar-refractivity contribution in [3.63, 3.8) is 0 Å². The smallest absolute Gasteiger partial charge is 0.303 e. The second kappa shape index (κ2) is 24.1. The average molecular weight is 819 g/mol. The largest absolute Gasteiger partial charge is 0.490 e. The number of hydrogen-bond donors (Lipinski definition) is 0. The van der Waals surface area contributed by atoms with Crippen molar-refractivity contribution in [3.05, 3.63) is 84.4 Å². The Bertz CT molecular complexity index is 1530. The molecule has 3 aromatic rings. The van der Waals surface area contributed by atoms with Gasteiger partial charge in [0, 0.05) is 96.7 Å². The van der Waals surface area contributed by atoms with E-state index in [0.29, 0.717) is 30.2 Å². The summed E-state index contributed by atoms with van der Waals surface area (Å²) in [6.07, 6.45) is -1.01. The number of carbonyl (C=O) groups excluding carboxylic acids is 3. The van der Waals surface area contributed by atoms with Crippen LogP contribution in [0, 0.1) is 0 Å². The van der Waals surface area contributed by atoms with Crippen LogP contribution < -0.4 is 19.3 Å². The molecule has 11 nitrogen and oxygen atoms in total. The molecule has 0 aliphatic carbocycles. The fourth-order valence-electron chi connectivity index (χ4n) is 6.32. The zero-order chi connectivity index (χ0) is 34.6. The predicted molar refractivity (Wildman–Crippen MR) is 218 cm³/mol. The summed E-state index contributed by atoms with van der Waals surface area (Å²) in [5.74, 6) is -0.0943. The van der Waals surface area contributed by atoms with Crippen molar-refractivity contribution in [2.75, 3.05) is 88.5 Å². The van der Waals surface area contributed by atoms with Gasteiger partial charge in [0.1, 0.15) is 36.9 Å². The third-order valence-corrected chi connectivity index (χ3v) is 8.77. The molecule has 2 aliphatic rings. The first-order chi connectivity index (χ1) is 23.7. The average Bonchev–Trinajstić information content (AvgIpc) is 3.10. The van der Waals surface area contributed by atoms with Crippen molar-refractivity contribution in [3.8, 4) is 11.5 Å². The maximum atomic E-state index is 12.5. The van der Waals surface area contributed by atoms with E-state index in [-0.39, 0.29) is 74.6 Å². The van der Waals surface area contributed by atoms with Gasteiger partial charge in [-0.1, -0.05) is 36.4 Å². The molecule has 2 unspecified atom stereocenters. The van der Waals surface area contributed by atoms with Crippen LogP contribution in [0.2, 0.25) is 0 Å². The van der Waals surface area contributed by atoms with Crippen LogP contribution in [0.4, 0.5) is 11.4 Å². The molecule has 5 rings (SSSR count). The van der Waals surface area contributed by atoms with Gasteiger partial charge in [-0.2, -0.15) is 0 Å². The van der Waals surface area contributed by atoms with Gasteiger partial charge in [-0.3, -0.25) is 24.2 Å². The lowest BCUT2D eigenvalue weighted by molar-refractivity contribution is -0.149. The molecule has 2 saturated heterocycles.